The number of aliphatic imine (C=N–C) groups is 1. The number of benzene rings is 1. The molecule has 2 aromatic rings. The Labute approximate surface area is 139 Å². The van der Waals surface area contributed by atoms with Gasteiger partial charge in [-0.3, -0.25) is 9.79 Å². The molecule has 7 heteroatoms. The third kappa shape index (κ3) is 5.71. The Morgan fingerprint density at radius 1 is 1.26 bits per heavy atom. The average Bonchev–Trinajstić information content (AvgIpc) is 2.93. The number of carbonyl (C=O) groups is 1. The lowest BCUT2D eigenvalue weighted by Crippen LogP contribution is -2.22. The predicted octanol–water partition coefficient (Wildman–Crippen LogP) is 2.63. The van der Waals surface area contributed by atoms with Crippen molar-refractivity contribution < 1.29 is 4.79 Å². The van der Waals surface area contributed by atoms with Crippen LogP contribution in [-0.4, -0.2) is 23.4 Å². The number of aryl methyl sites for hydroxylation is 2. The summed E-state index contributed by atoms with van der Waals surface area (Å²) in [7, 11) is 0. The smallest absolute Gasteiger partial charge is 0.223 e. The van der Waals surface area contributed by atoms with Crippen LogP contribution in [0.2, 0.25) is 0 Å². The molecule has 6 nitrogen and oxygen atoms in total. The highest BCUT2D eigenvalue weighted by molar-refractivity contribution is 7.13. The summed E-state index contributed by atoms with van der Waals surface area (Å²) in [5.41, 5.74) is 8.85. The van der Waals surface area contributed by atoms with Gasteiger partial charge in [-0.25, -0.2) is 4.98 Å². The standard InChI is InChI=1S/C16H21N5OS/c1-3-18-15(17)20-13-7-4-12(5-8-13)6-9-14-10-23-16(21-14)19-11(2)22/h4-5,7-8,10H,3,6,9H2,1-2H3,(H3,17,18,20)(H,19,21,22). The quantitative estimate of drug-likeness (QED) is 0.560. The summed E-state index contributed by atoms with van der Waals surface area (Å²) in [6.07, 6.45) is 1.73. The molecule has 0 saturated heterocycles. The lowest BCUT2D eigenvalue weighted by atomic mass is 10.1. The van der Waals surface area contributed by atoms with Crippen molar-refractivity contribution in [2.75, 3.05) is 17.2 Å². The lowest BCUT2D eigenvalue weighted by molar-refractivity contribution is -0.114. The zero-order valence-electron chi connectivity index (χ0n) is 13.3. The zero-order chi connectivity index (χ0) is 16.7. The highest BCUT2D eigenvalue weighted by Gasteiger charge is 2.04. The number of thiazole rings is 1. The third-order valence-corrected chi connectivity index (χ3v) is 3.87. The minimum Gasteiger partial charge on any atom is -0.370 e. The Morgan fingerprint density at radius 2 is 2.00 bits per heavy atom. The Bertz CT molecular complexity index is 678. The number of amides is 1. The van der Waals surface area contributed by atoms with Gasteiger partial charge in [0.15, 0.2) is 11.1 Å². The van der Waals surface area contributed by atoms with Gasteiger partial charge in [-0.15, -0.1) is 11.3 Å². The van der Waals surface area contributed by atoms with Crippen molar-refractivity contribution in [2.24, 2.45) is 10.7 Å². The molecule has 23 heavy (non-hydrogen) atoms. The molecule has 0 aliphatic heterocycles. The van der Waals surface area contributed by atoms with Crippen molar-refractivity contribution in [3.63, 3.8) is 0 Å². The zero-order valence-corrected chi connectivity index (χ0v) is 14.1. The summed E-state index contributed by atoms with van der Waals surface area (Å²) >= 11 is 1.45. The van der Waals surface area contributed by atoms with Crippen LogP contribution in [0.25, 0.3) is 0 Å². The Balaban J connectivity index is 1.87. The van der Waals surface area contributed by atoms with E-state index in [0.29, 0.717) is 17.6 Å². The van der Waals surface area contributed by atoms with E-state index in [1.54, 1.807) is 0 Å². The largest absolute Gasteiger partial charge is 0.370 e. The van der Waals surface area contributed by atoms with Crippen LogP contribution in [-0.2, 0) is 17.6 Å². The molecule has 4 N–H and O–H groups in total. The van der Waals surface area contributed by atoms with Crippen LogP contribution in [0.15, 0.2) is 34.6 Å². The van der Waals surface area contributed by atoms with Crippen molar-refractivity contribution in [3.8, 4) is 0 Å². The molecule has 0 aliphatic carbocycles. The maximum Gasteiger partial charge on any atom is 0.223 e. The summed E-state index contributed by atoms with van der Waals surface area (Å²) in [6, 6.07) is 8.08. The summed E-state index contributed by atoms with van der Waals surface area (Å²) in [4.78, 5) is 19.5. The molecule has 0 aliphatic rings. The summed E-state index contributed by atoms with van der Waals surface area (Å²) in [6.45, 7) is 4.08. The number of hydrogen-bond acceptors (Lipinski definition) is 4. The average molecular weight is 331 g/mol. The number of hydrogen-bond donors (Lipinski definition) is 3. The molecule has 0 bridgehead atoms. The number of carbonyl (C=O) groups excluding carboxylic acids is 1. The van der Waals surface area contributed by atoms with E-state index in [0.717, 1.165) is 24.2 Å². The number of guanidine groups is 1. The molecule has 0 spiro atoms. The second-order valence-electron chi connectivity index (χ2n) is 5.01. The van der Waals surface area contributed by atoms with E-state index >= 15 is 0 Å². The number of aromatic nitrogens is 1. The van der Waals surface area contributed by atoms with Gasteiger partial charge in [0.2, 0.25) is 5.91 Å². The van der Waals surface area contributed by atoms with E-state index in [2.05, 4.69) is 32.7 Å². The fourth-order valence-corrected chi connectivity index (χ4v) is 2.81. The molecule has 122 valence electrons. The minimum absolute atomic E-state index is 0.0973. The van der Waals surface area contributed by atoms with Crippen molar-refractivity contribution in [3.05, 3.63) is 40.9 Å². The first-order valence-electron chi connectivity index (χ1n) is 7.44. The molecule has 0 atom stereocenters. The molecule has 0 saturated carbocycles. The monoisotopic (exact) mass is 331 g/mol. The van der Waals surface area contributed by atoms with Crippen LogP contribution in [0.4, 0.5) is 10.8 Å². The minimum atomic E-state index is -0.0973. The Morgan fingerprint density at radius 3 is 2.65 bits per heavy atom. The number of nitrogens with two attached hydrogens (primary N) is 1. The molecule has 1 aromatic heterocycles. The van der Waals surface area contributed by atoms with E-state index < -0.39 is 0 Å². The number of anilines is 2. The molecular weight excluding hydrogens is 310 g/mol. The first-order valence-corrected chi connectivity index (χ1v) is 8.32. The van der Waals surface area contributed by atoms with Gasteiger partial charge in [0, 0.05) is 24.5 Å². The van der Waals surface area contributed by atoms with Crippen LogP contribution in [0, 0.1) is 0 Å². The molecule has 1 heterocycles. The van der Waals surface area contributed by atoms with Crippen LogP contribution >= 0.6 is 11.3 Å². The predicted molar refractivity (Wildman–Crippen MR) is 96.1 cm³/mol. The van der Waals surface area contributed by atoms with Gasteiger partial charge in [-0.05, 0) is 37.5 Å². The van der Waals surface area contributed by atoms with Crippen LogP contribution in [0.3, 0.4) is 0 Å². The van der Waals surface area contributed by atoms with E-state index in [9.17, 15) is 4.79 Å². The van der Waals surface area contributed by atoms with Crippen molar-refractivity contribution in [1.29, 1.82) is 0 Å². The van der Waals surface area contributed by atoms with Gasteiger partial charge in [0.1, 0.15) is 0 Å². The fourth-order valence-electron chi connectivity index (χ4n) is 2.01. The summed E-state index contributed by atoms with van der Waals surface area (Å²) < 4.78 is 0. The normalized spacial score (nSPS) is 11.3. The van der Waals surface area contributed by atoms with Gasteiger partial charge in [-0.2, -0.15) is 0 Å². The van der Waals surface area contributed by atoms with Crippen LogP contribution < -0.4 is 16.4 Å². The van der Waals surface area contributed by atoms with E-state index in [-0.39, 0.29) is 5.91 Å². The third-order valence-electron chi connectivity index (χ3n) is 3.06. The second-order valence-corrected chi connectivity index (χ2v) is 5.86. The first-order chi connectivity index (χ1) is 11.1. The van der Waals surface area contributed by atoms with Gasteiger partial charge < -0.3 is 16.4 Å². The number of nitrogens with one attached hydrogen (secondary N) is 2. The highest BCUT2D eigenvalue weighted by Crippen LogP contribution is 2.17. The molecule has 0 unspecified atom stereocenters. The lowest BCUT2D eigenvalue weighted by Gasteiger charge is -2.06. The Kier molecular flexibility index (Phi) is 6.10. The van der Waals surface area contributed by atoms with Gasteiger partial charge in [0.25, 0.3) is 0 Å². The van der Waals surface area contributed by atoms with E-state index in [1.165, 1.54) is 23.8 Å². The molecule has 0 radical (unpaired) electrons. The van der Waals surface area contributed by atoms with Crippen LogP contribution in [0.1, 0.15) is 25.1 Å². The second kappa shape index (κ2) is 8.28. The van der Waals surface area contributed by atoms with Crippen molar-refractivity contribution in [1.82, 2.24) is 4.98 Å². The topological polar surface area (TPSA) is 92.4 Å². The molecular formula is C16H21N5OS. The number of nitrogens with zero attached hydrogens (tertiary/aromatic N) is 2. The molecule has 1 amide bonds. The SMILES string of the molecule is CCN=C(N)Nc1ccc(CCc2csc(NC(C)=O)n2)cc1. The van der Waals surface area contributed by atoms with Crippen molar-refractivity contribution >= 4 is 34.0 Å². The van der Waals surface area contributed by atoms with Gasteiger partial charge in [0.05, 0.1) is 5.69 Å². The Hall–Kier alpha value is -2.41. The summed E-state index contributed by atoms with van der Waals surface area (Å²) in [5, 5.41) is 8.36. The fraction of sp³-hybridized carbons (Fsp3) is 0.312. The van der Waals surface area contributed by atoms with Gasteiger partial charge in [-0.1, -0.05) is 12.1 Å². The highest BCUT2D eigenvalue weighted by atomic mass is 32.1. The molecule has 2 rings (SSSR count). The van der Waals surface area contributed by atoms with E-state index in [4.69, 9.17) is 5.73 Å². The molecule has 1 aromatic carbocycles. The van der Waals surface area contributed by atoms with Crippen LogP contribution in [0.5, 0.6) is 0 Å². The maximum absolute atomic E-state index is 11.0. The van der Waals surface area contributed by atoms with Gasteiger partial charge >= 0.3 is 0 Å². The van der Waals surface area contributed by atoms with Crippen molar-refractivity contribution in [2.45, 2.75) is 26.7 Å². The first kappa shape index (κ1) is 17.0. The summed E-state index contributed by atoms with van der Waals surface area (Å²) in [5.74, 6) is 0.327. The van der Waals surface area contributed by atoms with E-state index in [1.807, 2.05) is 24.4 Å². The molecule has 0 fully saturated rings. The number of rotatable bonds is 6. The maximum atomic E-state index is 11.0.